The van der Waals surface area contributed by atoms with Crippen molar-refractivity contribution < 1.29 is 0 Å². The first-order valence-electron chi connectivity index (χ1n) is 9.72. The number of aromatic nitrogens is 2. The maximum atomic E-state index is 4.17. The number of rotatable bonds is 3. The summed E-state index contributed by atoms with van der Waals surface area (Å²) in [7, 11) is 2.24. The van der Waals surface area contributed by atoms with Crippen molar-refractivity contribution in [3.05, 3.63) is 64.8 Å². The Hall–Kier alpha value is -2.17. The van der Waals surface area contributed by atoms with Gasteiger partial charge in [0.15, 0.2) is 0 Å². The van der Waals surface area contributed by atoms with Gasteiger partial charge in [0.2, 0.25) is 0 Å². The number of aromatic amines is 1. The average Bonchev–Trinajstić information content (AvgIpc) is 3.31. The molecule has 1 saturated heterocycles. The predicted octanol–water partition coefficient (Wildman–Crippen LogP) is 3.74. The number of hydrogen-bond acceptors (Lipinski definition) is 3. The third-order valence-corrected chi connectivity index (χ3v) is 5.99. The van der Waals surface area contributed by atoms with Crippen LogP contribution in [0.25, 0.3) is 10.9 Å². The van der Waals surface area contributed by atoms with Gasteiger partial charge in [0.1, 0.15) is 0 Å². The molecule has 1 atom stereocenters. The van der Waals surface area contributed by atoms with Crippen molar-refractivity contribution in [3.8, 4) is 0 Å². The Bertz CT molecular complexity index is 923. The van der Waals surface area contributed by atoms with Crippen molar-refractivity contribution >= 4 is 10.9 Å². The van der Waals surface area contributed by atoms with Gasteiger partial charge in [-0.2, -0.15) is 5.10 Å². The Balaban J connectivity index is 1.48. The lowest BCUT2D eigenvalue weighted by molar-refractivity contribution is 0.294. The van der Waals surface area contributed by atoms with E-state index in [1.54, 1.807) is 0 Å². The summed E-state index contributed by atoms with van der Waals surface area (Å²) >= 11 is 0. The van der Waals surface area contributed by atoms with E-state index in [0.29, 0.717) is 5.92 Å². The molecule has 3 aromatic rings. The summed E-state index contributed by atoms with van der Waals surface area (Å²) in [6.07, 6.45) is 4.63. The quantitative estimate of drug-likeness (QED) is 0.785. The summed E-state index contributed by atoms with van der Waals surface area (Å²) in [4.78, 5) is 5.03. The van der Waals surface area contributed by atoms with Crippen LogP contribution in [0.15, 0.2) is 42.6 Å². The Morgan fingerprint density at radius 2 is 2.00 bits per heavy atom. The van der Waals surface area contributed by atoms with E-state index in [9.17, 15) is 0 Å². The largest absolute Gasteiger partial charge is 0.301 e. The van der Waals surface area contributed by atoms with Crippen LogP contribution in [0.5, 0.6) is 0 Å². The zero-order valence-corrected chi connectivity index (χ0v) is 15.4. The zero-order chi connectivity index (χ0) is 17.5. The highest BCUT2D eigenvalue weighted by Gasteiger charge is 2.25. The van der Waals surface area contributed by atoms with E-state index >= 15 is 0 Å². The van der Waals surface area contributed by atoms with Gasteiger partial charge in [0.25, 0.3) is 0 Å². The summed E-state index contributed by atoms with van der Waals surface area (Å²) in [5, 5.41) is 8.42. The summed E-state index contributed by atoms with van der Waals surface area (Å²) in [5.74, 6) is 0.434. The second-order valence-electron chi connectivity index (χ2n) is 7.98. The van der Waals surface area contributed by atoms with E-state index in [1.807, 2.05) is 6.20 Å². The highest BCUT2D eigenvalue weighted by Crippen LogP contribution is 2.34. The summed E-state index contributed by atoms with van der Waals surface area (Å²) < 4.78 is 0. The predicted molar refractivity (Wildman–Crippen MR) is 105 cm³/mol. The fourth-order valence-corrected chi connectivity index (χ4v) is 4.66. The number of nitrogens with one attached hydrogen (secondary N) is 1. The standard InChI is InChI=1S/C22H26N4/c1-25-14-19-10-16(13-26-8-2-3-9-26)4-6-20(19)21(15-25)17-5-7-22-18(11-17)12-23-24-22/h4-7,10-12,21H,2-3,8-9,13-15H2,1H3,(H,23,24). The fourth-order valence-electron chi connectivity index (χ4n) is 4.66. The lowest BCUT2D eigenvalue weighted by atomic mass is 9.84. The second-order valence-corrected chi connectivity index (χ2v) is 7.98. The molecule has 2 aliphatic rings. The summed E-state index contributed by atoms with van der Waals surface area (Å²) in [6, 6.07) is 13.9. The van der Waals surface area contributed by atoms with Gasteiger partial charge in [-0.15, -0.1) is 0 Å². The van der Waals surface area contributed by atoms with Crippen molar-refractivity contribution in [2.24, 2.45) is 0 Å². The van der Waals surface area contributed by atoms with Crippen molar-refractivity contribution in [1.29, 1.82) is 0 Å². The molecular formula is C22H26N4. The molecule has 134 valence electrons. The van der Waals surface area contributed by atoms with Crippen LogP contribution in [0.4, 0.5) is 0 Å². The van der Waals surface area contributed by atoms with Gasteiger partial charge < -0.3 is 4.90 Å². The molecule has 4 nitrogen and oxygen atoms in total. The van der Waals surface area contributed by atoms with Crippen LogP contribution in [0.3, 0.4) is 0 Å². The first-order valence-corrected chi connectivity index (χ1v) is 9.72. The highest BCUT2D eigenvalue weighted by molar-refractivity contribution is 5.78. The maximum absolute atomic E-state index is 4.17. The van der Waals surface area contributed by atoms with Gasteiger partial charge >= 0.3 is 0 Å². The van der Waals surface area contributed by atoms with Gasteiger partial charge in [-0.05, 0) is 67.4 Å². The first kappa shape index (κ1) is 16.0. The molecule has 0 spiro atoms. The summed E-state index contributed by atoms with van der Waals surface area (Å²) in [5.41, 5.74) is 6.95. The molecule has 3 heterocycles. The normalized spacial score (nSPS) is 21.3. The molecule has 4 heteroatoms. The first-order chi connectivity index (χ1) is 12.8. The Morgan fingerprint density at radius 1 is 1.12 bits per heavy atom. The minimum atomic E-state index is 0.434. The number of H-pyrrole nitrogens is 1. The van der Waals surface area contributed by atoms with E-state index < -0.39 is 0 Å². The van der Waals surface area contributed by atoms with Crippen molar-refractivity contribution in [1.82, 2.24) is 20.0 Å². The van der Waals surface area contributed by atoms with Gasteiger partial charge in [-0.25, -0.2) is 0 Å². The Morgan fingerprint density at radius 3 is 2.88 bits per heavy atom. The number of nitrogens with zero attached hydrogens (tertiary/aromatic N) is 3. The van der Waals surface area contributed by atoms with Gasteiger partial charge in [-0.3, -0.25) is 10.00 Å². The number of hydrogen-bond donors (Lipinski definition) is 1. The van der Waals surface area contributed by atoms with E-state index in [0.717, 1.165) is 25.2 Å². The topological polar surface area (TPSA) is 35.2 Å². The molecule has 1 aromatic heterocycles. The lowest BCUT2D eigenvalue weighted by Gasteiger charge is -2.33. The molecule has 1 fully saturated rings. The van der Waals surface area contributed by atoms with Crippen LogP contribution in [-0.2, 0) is 13.1 Å². The molecule has 0 saturated carbocycles. The van der Waals surface area contributed by atoms with Crippen LogP contribution in [0.1, 0.15) is 41.0 Å². The third-order valence-electron chi connectivity index (χ3n) is 5.99. The summed E-state index contributed by atoms with van der Waals surface area (Å²) in [6.45, 7) is 5.73. The van der Waals surface area contributed by atoms with Gasteiger partial charge in [0.05, 0.1) is 11.7 Å². The molecule has 0 radical (unpaired) electrons. The van der Waals surface area contributed by atoms with Crippen molar-refractivity contribution in [3.63, 3.8) is 0 Å². The second kappa shape index (κ2) is 6.53. The molecule has 0 aliphatic carbocycles. The van der Waals surface area contributed by atoms with E-state index in [4.69, 9.17) is 0 Å². The lowest BCUT2D eigenvalue weighted by Crippen LogP contribution is -2.31. The number of benzene rings is 2. The maximum Gasteiger partial charge on any atom is 0.0650 e. The molecule has 0 amide bonds. The molecular weight excluding hydrogens is 320 g/mol. The molecule has 1 unspecified atom stereocenters. The van der Waals surface area contributed by atoms with E-state index in [-0.39, 0.29) is 0 Å². The minimum absolute atomic E-state index is 0.434. The molecule has 2 aromatic carbocycles. The van der Waals surface area contributed by atoms with Crippen LogP contribution < -0.4 is 0 Å². The Kier molecular flexibility index (Phi) is 4.03. The fraction of sp³-hybridized carbons (Fsp3) is 0.409. The smallest absolute Gasteiger partial charge is 0.0650 e. The zero-order valence-electron chi connectivity index (χ0n) is 15.4. The van der Waals surface area contributed by atoms with E-state index in [2.05, 4.69) is 63.4 Å². The molecule has 5 rings (SSSR count). The van der Waals surface area contributed by atoms with Crippen LogP contribution in [0, 0.1) is 0 Å². The molecule has 1 N–H and O–H groups in total. The number of likely N-dealkylation sites (N-methyl/N-ethyl adjacent to an activating group) is 1. The van der Waals surface area contributed by atoms with Crippen LogP contribution in [0.2, 0.25) is 0 Å². The average molecular weight is 346 g/mol. The van der Waals surface area contributed by atoms with Gasteiger partial charge in [0, 0.05) is 30.9 Å². The highest BCUT2D eigenvalue weighted by atomic mass is 15.1. The van der Waals surface area contributed by atoms with Crippen LogP contribution >= 0.6 is 0 Å². The number of likely N-dealkylation sites (tertiary alicyclic amines) is 1. The monoisotopic (exact) mass is 346 g/mol. The van der Waals surface area contributed by atoms with Crippen molar-refractivity contribution in [2.45, 2.75) is 31.8 Å². The molecule has 26 heavy (non-hydrogen) atoms. The van der Waals surface area contributed by atoms with Gasteiger partial charge in [-0.1, -0.05) is 24.3 Å². The third kappa shape index (κ3) is 2.93. The number of fused-ring (bicyclic) bond motifs is 2. The molecule has 2 aliphatic heterocycles. The van der Waals surface area contributed by atoms with Crippen LogP contribution in [-0.4, -0.2) is 46.7 Å². The minimum Gasteiger partial charge on any atom is -0.301 e. The van der Waals surface area contributed by atoms with E-state index in [1.165, 1.54) is 53.6 Å². The Labute approximate surface area is 154 Å². The SMILES string of the molecule is CN1Cc2cc(CN3CCCC3)ccc2C(c2ccc3[nH]ncc3c2)C1. The van der Waals surface area contributed by atoms with Crippen molar-refractivity contribution in [2.75, 3.05) is 26.7 Å². The molecule has 0 bridgehead atoms.